The minimum atomic E-state index is 0. The first kappa shape index (κ1) is 19.4. The summed E-state index contributed by atoms with van der Waals surface area (Å²) in [5.74, 6) is 2.93. The molecule has 1 aromatic heterocycles. The van der Waals surface area contributed by atoms with Crippen LogP contribution in [0.5, 0.6) is 11.5 Å². The molecule has 0 saturated heterocycles. The molecular weight excluding hydrogens is 435 g/mol. The van der Waals surface area contributed by atoms with Crippen LogP contribution in [0.4, 0.5) is 5.69 Å². The van der Waals surface area contributed by atoms with Gasteiger partial charge in [-0.15, -0.1) is 24.0 Å². The molecule has 0 atom stereocenters. The Morgan fingerprint density at radius 2 is 2.00 bits per heavy atom. The first-order valence-corrected chi connectivity index (χ1v) is 8.10. The second-order valence-electron chi connectivity index (χ2n) is 5.40. The van der Waals surface area contributed by atoms with Crippen molar-refractivity contribution in [1.82, 2.24) is 10.5 Å². The van der Waals surface area contributed by atoms with Gasteiger partial charge in [-0.1, -0.05) is 12.1 Å². The predicted molar refractivity (Wildman–Crippen MR) is 107 cm³/mol. The highest BCUT2D eigenvalue weighted by Gasteiger charge is 2.11. The van der Waals surface area contributed by atoms with Crippen LogP contribution in [0.3, 0.4) is 0 Å². The van der Waals surface area contributed by atoms with Crippen LogP contribution in [-0.2, 0) is 13.0 Å². The minimum Gasteiger partial charge on any atom is -0.490 e. The molecule has 0 fully saturated rings. The van der Waals surface area contributed by atoms with E-state index in [2.05, 4.69) is 20.8 Å². The lowest BCUT2D eigenvalue weighted by Gasteiger charge is -2.13. The number of nitrogens with one attached hydrogen (secondary N) is 2. The highest BCUT2D eigenvalue weighted by Crippen LogP contribution is 2.32. The van der Waals surface area contributed by atoms with Gasteiger partial charge in [-0.3, -0.25) is 4.99 Å². The second-order valence-corrected chi connectivity index (χ2v) is 5.40. The number of anilines is 1. The quantitative estimate of drug-likeness (QED) is 0.416. The predicted octanol–water partition coefficient (Wildman–Crippen LogP) is 3.20. The fraction of sp³-hybridized carbons (Fsp3) is 0.412. The Bertz CT molecular complexity index is 718. The van der Waals surface area contributed by atoms with E-state index >= 15 is 0 Å². The molecule has 2 heterocycles. The number of benzene rings is 1. The maximum absolute atomic E-state index is 5.70. The van der Waals surface area contributed by atoms with Crippen LogP contribution in [0.1, 0.15) is 24.8 Å². The summed E-state index contributed by atoms with van der Waals surface area (Å²) in [6.07, 6.45) is 1.74. The van der Waals surface area contributed by atoms with Crippen LogP contribution in [-0.4, -0.2) is 31.4 Å². The molecule has 1 aliphatic rings. The summed E-state index contributed by atoms with van der Waals surface area (Å²) in [5.41, 5.74) is 1.82. The molecule has 136 valence electrons. The summed E-state index contributed by atoms with van der Waals surface area (Å²) in [6, 6.07) is 7.69. The van der Waals surface area contributed by atoms with Crippen molar-refractivity contribution >= 4 is 35.6 Å². The monoisotopic (exact) mass is 458 g/mol. The van der Waals surface area contributed by atoms with Crippen LogP contribution in [0, 0.1) is 0 Å². The Hall–Kier alpha value is -1.97. The van der Waals surface area contributed by atoms with Crippen molar-refractivity contribution in [2.24, 2.45) is 4.99 Å². The molecule has 3 rings (SSSR count). The molecule has 2 N–H and O–H groups in total. The lowest BCUT2D eigenvalue weighted by atomic mass is 10.2. The van der Waals surface area contributed by atoms with Gasteiger partial charge < -0.3 is 24.6 Å². The van der Waals surface area contributed by atoms with Gasteiger partial charge in [0.05, 0.1) is 25.5 Å². The number of guanidine groups is 1. The van der Waals surface area contributed by atoms with Crippen LogP contribution in [0.15, 0.2) is 33.8 Å². The van der Waals surface area contributed by atoms with Gasteiger partial charge in [0.2, 0.25) is 0 Å². The Balaban J connectivity index is 0.00000225. The number of halogens is 1. The minimum absolute atomic E-state index is 0. The third kappa shape index (κ3) is 5.25. The number of ether oxygens (including phenoxy) is 2. The van der Waals surface area contributed by atoms with Crippen LogP contribution < -0.4 is 20.1 Å². The average Bonchev–Trinajstić information content (AvgIpc) is 2.95. The van der Waals surface area contributed by atoms with E-state index in [0.717, 1.165) is 41.5 Å². The highest BCUT2D eigenvalue weighted by molar-refractivity contribution is 14.0. The van der Waals surface area contributed by atoms with E-state index in [4.69, 9.17) is 14.0 Å². The smallest absolute Gasteiger partial charge is 0.195 e. The lowest BCUT2D eigenvalue weighted by molar-refractivity contribution is 0.297. The van der Waals surface area contributed by atoms with Crippen molar-refractivity contribution in [3.63, 3.8) is 0 Å². The Morgan fingerprint density at radius 1 is 1.20 bits per heavy atom. The van der Waals surface area contributed by atoms with Crippen molar-refractivity contribution in [2.45, 2.75) is 26.3 Å². The van der Waals surface area contributed by atoms with E-state index < -0.39 is 0 Å². The Morgan fingerprint density at radius 3 is 2.72 bits per heavy atom. The summed E-state index contributed by atoms with van der Waals surface area (Å²) >= 11 is 0. The van der Waals surface area contributed by atoms with Gasteiger partial charge in [0.15, 0.2) is 23.2 Å². The Kier molecular flexibility index (Phi) is 7.35. The molecule has 0 aliphatic carbocycles. The van der Waals surface area contributed by atoms with Crippen molar-refractivity contribution in [3.8, 4) is 11.5 Å². The first-order chi connectivity index (χ1) is 11.8. The van der Waals surface area contributed by atoms with Crippen molar-refractivity contribution in [2.75, 3.05) is 25.6 Å². The van der Waals surface area contributed by atoms with Gasteiger partial charge in [-0.25, -0.2) is 0 Å². The number of fused-ring (bicyclic) bond motifs is 1. The summed E-state index contributed by atoms with van der Waals surface area (Å²) in [5, 5.41) is 10.4. The highest BCUT2D eigenvalue weighted by atomic mass is 127. The van der Waals surface area contributed by atoms with E-state index in [-0.39, 0.29) is 24.0 Å². The van der Waals surface area contributed by atoms with Crippen LogP contribution >= 0.6 is 24.0 Å². The van der Waals surface area contributed by atoms with Crippen molar-refractivity contribution < 1.29 is 14.0 Å². The molecule has 7 nitrogen and oxygen atoms in total. The molecule has 2 aromatic rings. The molecule has 1 aliphatic heterocycles. The first-order valence-electron chi connectivity index (χ1n) is 8.10. The topological polar surface area (TPSA) is 80.9 Å². The van der Waals surface area contributed by atoms with Gasteiger partial charge in [0, 0.05) is 31.3 Å². The fourth-order valence-corrected chi connectivity index (χ4v) is 2.33. The maximum Gasteiger partial charge on any atom is 0.195 e. The molecular formula is C17H23IN4O3. The second kappa shape index (κ2) is 9.50. The van der Waals surface area contributed by atoms with Gasteiger partial charge in [0.1, 0.15) is 0 Å². The van der Waals surface area contributed by atoms with Gasteiger partial charge in [-0.2, -0.15) is 0 Å². The Labute approximate surface area is 164 Å². The van der Waals surface area contributed by atoms with E-state index in [1.54, 1.807) is 7.05 Å². The summed E-state index contributed by atoms with van der Waals surface area (Å²) in [6.45, 7) is 3.89. The number of aliphatic imine (C=N–C) groups is 1. The van der Waals surface area contributed by atoms with E-state index in [1.165, 1.54) is 0 Å². The number of rotatable bonds is 4. The number of hydrogen-bond donors (Lipinski definition) is 2. The fourth-order valence-electron chi connectivity index (χ4n) is 2.33. The zero-order valence-corrected chi connectivity index (χ0v) is 16.7. The summed E-state index contributed by atoms with van der Waals surface area (Å²) in [4.78, 5) is 4.22. The molecule has 0 bridgehead atoms. The zero-order valence-electron chi connectivity index (χ0n) is 14.4. The molecule has 25 heavy (non-hydrogen) atoms. The molecule has 8 heteroatoms. The molecule has 0 amide bonds. The molecule has 0 spiro atoms. The molecule has 0 saturated carbocycles. The number of aromatic nitrogens is 1. The van der Waals surface area contributed by atoms with Crippen molar-refractivity contribution in [1.29, 1.82) is 0 Å². The standard InChI is InChI=1S/C17H22N4O3.HI/c1-3-12-9-14(24-21-12)11-19-17(18-2)20-13-5-6-15-16(10-13)23-8-4-7-22-15;/h5-6,9-10H,3-4,7-8,11H2,1-2H3,(H2,18,19,20);1H. The van der Waals surface area contributed by atoms with Crippen LogP contribution in [0.2, 0.25) is 0 Å². The maximum atomic E-state index is 5.70. The third-order valence-corrected chi connectivity index (χ3v) is 3.63. The molecule has 0 radical (unpaired) electrons. The molecule has 0 unspecified atom stereocenters. The third-order valence-electron chi connectivity index (χ3n) is 3.63. The summed E-state index contributed by atoms with van der Waals surface area (Å²) < 4.78 is 16.6. The molecule has 1 aromatic carbocycles. The lowest BCUT2D eigenvalue weighted by Crippen LogP contribution is -2.30. The summed E-state index contributed by atoms with van der Waals surface area (Å²) in [7, 11) is 1.72. The zero-order chi connectivity index (χ0) is 16.8. The van der Waals surface area contributed by atoms with Gasteiger partial charge in [-0.05, 0) is 18.6 Å². The normalized spacial score (nSPS) is 13.6. The number of nitrogens with zero attached hydrogens (tertiary/aromatic N) is 2. The number of hydrogen-bond acceptors (Lipinski definition) is 5. The average molecular weight is 458 g/mol. The number of aryl methyl sites for hydroxylation is 1. The van der Waals surface area contributed by atoms with Crippen molar-refractivity contribution in [3.05, 3.63) is 35.7 Å². The van der Waals surface area contributed by atoms with E-state index in [1.807, 2.05) is 31.2 Å². The van der Waals surface area contributed by atoms with E-state index in [9.17, 15) is 0 Å². The van der Waals surface area contributed by atoms with Gasteiger partial charge in [0.25, 0.3) is 0 Å². The van der Waals surface area contributed by atoms with E-state index in [0.29, 0.717) is 25.7 Å². The van der Waals surface area contributed by atoms with Crippen LogP contribution in [0.25, 0.3) is 0 Å². The largest absolute Gasteiger partial charge is 0.490 e. The van der Waals surface area contributed by atoms with Gasteiger partial charge >= 0.3 is 0 Å². The SMILES string of the molecule is CCc1cc(CNC(=NC)Nc2ccc3c(c2)OCCCO3)on1.I.